The van der Waals surface area contributed by atoms with Crippen LogP contribution in [0, 0.1) is 0 Å². The molecule has 0 aliphatic carbocycles. The third kappa shape index (κ3) is 3.07. The van der Waals surface area contributed by atoms with E-state index in [2.05, 4.69) is 39.6 Å². The molecule has 2 aromatic heterocycles. The summed E-state index contributed by atoms with van der Waals surface area (Å²) >= 11 is 1.67. The van der Waals surface area contributed by atoms with Gasteiger partial charge in [-0.1, -0.05) is 12.1 Å². The average Bonchev–Trinajstić information content (AvgIpc) is 3.13. The fourth-order valence-electron chi connectivity index (χ4n) is 1.85. The minimum atomic E-state index is 0.820. The van der Waals surface area contributed by atoms with Crippen LogP contribution in [-0.4, -0.2) is 14.5 Å². The molecule has 0 aliphatic heterocycles. The van der Waals surface area contributed by atoms with E-state index in [1.165, 1.54) is 5.56 Å². The maximum atomic E-state index is 4.24. The molecule has 0 bridgehead atoms. The molecule has 5 heteroatoms. The van der Waals surface area contributed by atoms with Crippen LogP contribution in [-0.2, 0) is 13.1 Å². The number of hydrogen-bond donors (Lipinski definition) is 1. The Kier molecular flexibility index (Phi) is 3.67. The predicted molar refractivity (Wildman–Crippen MR) is 76.2 cm³/mol. The maximum Gasteiger partial charge on any atom is 0.106 e. The van der Waals surface area contributed by atoms with Crippen molar-refractivity contribution in [3.63, 3.8) is 0 Å². The van der Waals surface area contributed by atoms with Crippen molar-refractivity contribution in [1.82, 2.24) is 19.9 Å². The fourth-order valence-corrected chi connectivity index (χ4v) is 2.44. The molecule has 3 rings (SSSR count). The number of thiazole rings is 1. The van der Waals surface area contributed by atoms with Gasteiger partial charge < -0.3 is 9.88 Å². The van der Waals surface area contributed by atoms with Crippen LogP contribution in [0.2, 0.25) is 0 Å². The number of rotatable bonds is 5. The summed E-state index contributed by atoms with van der Waals surface area (Å²) in [6.07, 6.45) is 7.36. The summed E-state index contributed by atoms with van der Waals surface area (Å²) in [5, 5.41) is 6.50. The summed E-state index contributed by atoms with van der Waals surface area (Å²) in [5.74, 6) is 0. The summed E-state index contributed by atoms with van der Waals surface area (Å²) in [6.45, 7) is 1.67. The van der Waals surface area contributed by atoms with Crippen molar-refractivity contribution in [1.29, 1.82) is 0 Å². The molecule has 96 valence electrons. The molecule has 0 aliphatic rings. The molecule has 0 saturated heterocycles. The number of nitrogens with one attached hydrogen (secondary N) is 1. The van der Waals surface area contributed by atoms with Gasteiger partial charge in [-0.2, -0.15) is 0 Å². The van der Waals surface area contributed by atoms with Crippen LogP contribution in [0.25, 0.3) is 5.69 Å². The Morgan fingerprint density at radius 2 is 2.00 bits per heavy atom. The maximum absolute atomic E-state index is 4.24. The van der Waals surface area contributed by atoms with E-state index in [0.717, 1.165) is 23.8 Å². The Morgan fingerprint density at radius 3 is 2.68 bits per heavy atom. The molecule has 1 N–H and O–H groups in total. The molecule has 0 unspecified atom stereocenters. The Bertz CT molecular complexity index is 599. The van der Waals surface area contributed by atoms with Crippen LogP contribution in [0.4, 0.5) is 0 Å². The lowest BCUT2D eigenvalue weighted by Crippen LogP contribution is -2.12. The molecular formula is C14H14N4S. The number of hydrogen-bond acceptors (Lipinski definition) is 4. The molecule has 2 heterocycles. The second-order valence-corrected chi connectivity index (χ2v) is 5.14. The first-order valence-electron chi connectivity index (χ1n) is 6.08. The number of benzene rings is 1. The quantitative estimate of drug-likeness (QED) is 0.775. The number of nitrogens with zero attached hydrogens (tertiary/aromatic N) is 3. The van der Waals surface area contributed by atoms with Crippen LogP contribution in [0.3, 0.4) is 0 Å². The summed E-state index contributed by atoms with van der Waals surface area (Å²) in [5.41, 5.74) is 2.39. The summed E-state index contributed by atoms with van der Waals surface area (Å²) in [6, 6.07) is 8.46. The molecule has 0 saturated carbocycles. The minimum Gasteiger partial charge on any atom is -0.306 e. The van der Waals surface area contributed by atoms with Gasteiger partial charge >= 0.3 is 0 Å². The van der Waals surface area contributed by atoms with Crippen molar-refractivity contribution >= 4 is 11.3 Å². The van der Waals surface area contributed by atoms with E-state index in [-0.39, 0.29) is 0 Å². The molecule has 4 nitrogen and oxygen atoms in total. The van der Waals surface area contributed by atoms with E-state index in [4.69, 9.17) is 0 Å². The standard InChI is InChI=1S/C14H14N4S/c1-3-13(18-7-5-15-11-18)4-2-12(1)9-16-10-14-17-6-8-19-14/h1-8,11,16H,9-10H2. The predicted octanol–water partition coefficient (Wildman–Crippen LogP) is 2.62. The molecule has 0 atom stereocenters. The molecule has 0 radical (unpaired) electrons. The Morgan fingerprint density at radius 1 is 1.11 bits per heavy atom. The molecule has 0 fully saturated rings. The molecular weight excluding hydrogens is 256 g/mol. The Balaban J connectivity index is 1.57. The smallest absolute Gasteiger partial charge is 0.106 e. The summed E-state index contributed by atoms with van der Waals surface area (Å²) in [4.78, 5) is 8.28. The van der Waals surface area contributed by atoms with Gasteiger partial charge in [0.05, 0.1) is 6.33 Å². The van der Waals surface area contributed by atoms with Gasteiger partial charge in [0.2, 0.25) is 0 Å². The third-order valence-electron chi connectivity index (χ3n) is 2.83. The lowest BCUT2D eigenvalue weighted by atomic mass is 10.2. The average molecular weight is 270 g/mol. The Labute approximate surface area is 115 Å². The van der Waals surface area contributed by atoms with E-state index in [1.807, 2.05) is 22.3 Å². The van der Waals surface area contributed by atoms with Crippen LogP contribution in [0.15, 0.2) is 54.6 Å². The number of imidazole rings is 1. The van der Waals surface area contributed by atoms with Gasteiger partial charge in [0.1, 0.15) is 5.01 Å². The van der Waals surface area contributed by atoms with E-state index in [9.17, 15) is 0 Å². The molecule has 0 spiro atoms. The number of aromatic nitrogens is 3. The van der Waals surface area contributed by atoms with Gasteiger partial charge in [-0.3, -0.25) is 0 Å². The van der Waals surface area contributed by atoms with Crippen LogP contribution in [0.1, 0.15) is 10.6 Å². The first-order chi connectivity index (χ1) is 9.42. The first-order valence-corrected chi connectivity index (χ1v) is 6.96. The second kappa shape index (κ2) is 5.77. The summed E-state index contributed by atoms with van der Waals surface area (Å²) < 4.78 is 1.99. The van der Waals surface area contributed by atoms with Crippen molar-refractivity contribution in [2.24, 2.45) is 0 Å². The minimum absolute atomic E-state index is 0.820. The highest BCUT2D eigenvalue weighted by Crippen LogP contribution is 2.09. The largest absolute Gasteiger partial charge is 0.306 e. The van der Waals surface area contributed by atoms with E-state index >= 15 is 0 Å². The lowest BCUT2D eigenvalue weighted by Gasteiger charge is -2.05. The fraction of sp³-hybridized carbons (Fsp3) is 0.143. The highest BCUT2D eigenvalue weighted by molar-refractivity contribution is 7.09. The van der Waals surface area contributed by atoms with Gasteiger partial charge in [0, 0.05) is 42.7 Å². The van der Waals surface area contributed by atoms with Crippen molar-refractivity contribution in [2.45, 2.75) is 13.1 Å². The topological polar surface area (TPSA) is 42.7 Å². The van der Waals surface area contributed by atoms with E-state index < -0.39 is 0 Å². The monoisotopic (exact) mass is 270 g/mol. The van der Waals surface area contributed by atoms with Crippen molar-refractivity contribution in [3.05, 3.63) is 65.1 Å². The highest BCUT2D eigenvalue weighted by atomic mass is 32.1. The molecule has 19 heavy (non-hydrogen) atoms. The zero-order chi connectivity index (χ0) is 12.9. The van der Waals surface area contributed by atoms with Gasteiger partial charge in [-0.05, 0) is 17.7 Å². The molecule has 3 aromatic rings. The van der Waals surface area contributed by atoms with Gasteiger partial charge in [-0.15, -0.1) is 11.3 Å². The van der Waals surface area contributed by atoms with E-state index in [1.54, 1.807) is 23.9 Å². The van der Waals surface area contributed by atoms with Crippen LogP contribution in [0.5, 0.6) is 0 Å². The molecule has 0 amide bonds. The van der Waals surface area contributed by atoms with Crippen molar-refractivity contribution in [3.8, 4) is 5.69 Å². The highest BCUT2D eigenvalue weighted by Gasteiger charge is 1.98. The van der Waals surface area contributed by atoms with Gasteiger partial charge in [-0.25, -0.2) is 9.97 Å². The van der Waals surface area contributed by atoms with Crippen LogP contribution >= 0.6 is 11.3 Å². The lowest BCUT2D eigenvalue weighted by molar-refractivity contribution is 0.690. The van der Waals surface area contributed by atoms with E-state index in [0.29, 0.717) is 0 Å². The van der Waals surface area contributed by atoms with Gasteiger partial charge in [0.25, 0.3) is 0 Å². The first kappa shape index (κ1) is 12.1. The van der Waals surface area contributed by atoms with Crippen molar-refractivity contribution < 1.29 is 0 Å². The van der Waals surface area contributed by atoms with Gasteiger partial charge in [0.15, 0.2) is 0 Å². The summed E-state index contributed by atoms with van der Waals surface area (Å²) in [7, 11) is 0. The zero-order valence-electron chi connectivity index (χ0n) is 10.4. The SMILES string of the molecule is c1cn(-c2ccc(CNCc3nccs3)cc2)cn1. The van der Waals surface area contributed by atoms with Crippen molar-refractivity contribution in [2.75, 3.05) is 0 Å². The normalized spacial score (nSPS) is 10.7. The zero-order valence-corrected chi connectivity index (χ0v) is 11.2. The second-order valence-electron chi connectivity index (χ2n) is 4.17. The third-order valence-corrected chi connectivity index (χ3v) is 3.61. The Hall–Kier alpha value is -1.98. The molecule has 1 aromatic carbocycles. The van der Waals surface area contributed by atoms with Crippen LogP contribution < -0.4 is 5.32 Å².